The Morgan fingerprint density at radius 1 is 1.17 bits per heavy atom. The Bertz CT molecular complexity index is 1290. The summed E-state index contributed by atoms with van der Waals surface area (Å²) in [4.78, 5) is 28.8. The molecule has 4 N–H and O–H groups in total. The molecule has 0 spiro atoms. The van der Waals surface area contributed by atoms with Crippen LogP contribution in [-0.2, 0) is 18.4 Å². The maximum absolute atomic E-state index is 12.4. The Labute approximate surface area is 210 Å². The van der Waals surface area contributed by atoms with Crippen LogP contribution in [0.3, 0.4) is 0 Å². The van der Waals surface area contributed by atoms with Crippen LogP contribution in [0.2, 0.25) is 10.0 Å². The van der Waals surface area contributed by atoms with Crippen LogP contribution in [-0.4, -0.2) is 39.4 Å². The molecule has 1 aromatic heterocycles. The van der Waals surface area contributed by atoms with Crippen molar-refractivity contribution in [3.8, 4) is 5.75 Å². The molecule has 35 heavy (non-hydrogen) atoms. The lowest BCUT2D eigenvalue weighted by molar-refractivity contribution is -0.128. The zero-order valence-electron chi connectivity index (χ0n) is 19.5. The van der Waals surface area contributed by atoms with Crippen molar-refractivity contribution in [1.29, 1.82) is 0 Å². The van der Waals surface area contributed by atoms with Crippen LogP contribution in [0.4, 0.5) is 20.4 Å². The minimum atomic E-state index is -2.72. The first kappa shape index (κ1) is 26.5. The number of aromatic hydroxyl groups is 1. The first-order chi connectivity index (χ1) is 16.3. The number of anilines is 2. The SMILES string of the molecule is Cn1c(Nc2c(Cl)ccc(CNC(=O)C(C)(C)C)c2Cl)nc2cc(C(=O)NCC(F)F)c(O)cc21. The van der Waals surface area contributed by atoms with E-state index in [4.69, 9.17) is 23.2 Å². The molecule has 0 aliphatic carbocycles. The van der Waals surface area contributed by atoms with Crippen molar-refractivity contribution < 1.29 is 23.5 Å². The van der Waals surface area contributed by atoms with Gasteiger partial charge in [-0.3, -0.25) is 9.59 Å². The van der Waals surface area contributed by atoms with E-state index in [1.807, 2.05) is 0 Å². The molecular weight excluding hydrogens is 503 g/mol. The van der Waals surface area contributed by atoms with Crippen LogP contribution in [0.15, 0.2) is 24.3 Å². The fourth-order valence-corrected chi connectivity index (χ4v) is 3.72. The number of nitrogens with zero attached hydrogens (tertiary/aromatic N) is 2. The molecule has 3 aromatic rings. The summed E-state index contributed by atoms with van der Waals surface area (Å²) in [6, 6.07) is 5.95. The van der Waals surface area contributed by atoms with Gasteiger partial charge in [-0.25, -0.2) is 13.8 Å². The first-order valence-electron chi connectivity index (χ1n) is 10.6. The van der Waals surface area contributed by atoms with E-state index in [0.717, 1.165) is 0 Å². The van der Waals surface area contributed by atoms with E-state index in [0.29, 0.717) is 33.3 Å². The molecule has 0 fully saturated rings. The number of carbonyl (C=O) groups is 2. The molecule has 8 nitrogen and oxygen atoms in total. The molecule has 0 atom stereocenters. The van der Waals surface area contributed by atoms with Gasteiger partial charge in [-0.2, -0.15) is 0 Å². The topological polar surface area (TPSA) is 108 Å². The summed E-state index contributed by atoms with van der Waals surface area (Å²) in [5.74, 6) is -1.07. The lowest BCUT2D eigenvalue weighted by Gasteiger charge is -2.19. The number of benzene rings is 2. The number of imidazole rings is 1. The van der Waals surface area contributed by atoms with Crippen LogP contribution >= 0.6 is 23.2 Å². The Kier molecular flexibility index (Phi) is 7.76. The van der Waals surface area contributed by atoms with E-state index in [1.165, 1.54) is 12.1 Å². The van der Waals surface area contributed by atoms with Gasteiger partial charge in [-0.1, -0.05) is 50.0 Å². The summed E-state index contributed by atoms with van der Waals surface area (Å²) >= 11 is 12.9. The van der Waals surface area contributed by atoms with E-state index in [9.17, 15) is 23.5 Å². The van der Waals surface area contributed by atoms with Crippen molar-refractivity contribution in [1.82, 2.24) is 20.2 Å². The molecule has 3 rings (SSSR count). The Morgan fingerprint density at radius 3 is 2.49 bits per heavy atom. The van der Waals surface area contributed by atoms with Gasteiger partial charge in [-0.05, 0) is 17.7 Å². The second-order valence-corrected chi connectivity index (χ2v) is 9.69. The number of nitrogens with one attached hydrogen (secondary N) is 3. The smallest absolute Gasteiger partial charge is 0.255 e. The second kappa shape index (κ2) is 10.2. The van der Waals surface area contributed by atoms with Gasteiger partial charge in [0, 0.05) is 25.1 Å². The highest BCUT2D eigenvalue weighted by Crippen LogP contribution is 2.36. The van der Waals surface area contributed by atoms with E-state index in [2.05, 4.69) is 20.9 Å². The quantitative estimate of drug-likeness (QED) is 0.346. The average molecular weight is 528 g/mol. The number of alkyl halides is 2. The number of carbonyl (C=O) groups excluding carboxylic acids is 2. The summed E-state index contributed by atoms with van der Waals surface area (Å²) in [6.07, 6.45) is -2.72. The number of rotatable bonds is 7. The zero-order valence-corrected chi connectivity index (χ0v) is 21.0. The number of phenolic OH excluding ortho intramolecular Hbond substituents is 1. The molecule has 12 heteroatoms. The highest BCUT2D eigenvalue weighted by atomic mass is 35.5. The summed E-state index contributed by atoms with van der Waals surface area (Å²) in [5, 5.41) is 18.8. The molecule has 2 aromatic carbocycles. The predicted molar refractivity (Wildman–Crippen MR) is 132 cm³/mol. The van der Waals surface area contributed by atoms with Crippen molar-refractivity contribution in [3.05, 3.63) is 45.4 Å². The van der Waals surface area contributed by atoms with Crippen molar-refractivity contribution in [3.63, 3.8) is 0 Å². The molecular formula is C23H25Cl2F2N5O3. The second-order valence-electron chi connectivity index (χ2n) is 8.91. The number of hydrogen-bond acceptors (Lipinski definition) is 5. The van der Waals surface area contributed by atoms with Gasteiger partial charge < -0.3 is 25.6 Å². The number of aryl methyl sites for hydroxylation is 1. The maximum atomic E-state index is 12.4. The Balaban J connectivity index is 1.91. The van der Waals surface area contributed by atoms with Gasteiger partial charge in [0.1, 0.15) is 5.75 Å². The molecule has 0 unspecified atom stereocenters. The summed E-state index contributed by atoms with van der Waals surface area (Å²) < 4.78 is 26.4. The fourth-order valence-electron chi connectivity index (χ4n) is 3.19. The minimum Gasteiger partial charge on any atom is -0.507 e. The van der Waals surface area contributed by atoms with Crippen LogP contribution in [0.1, 0.15) is 36.7 Å². The summed E-state index contributed by atoms with van der Waals surface area (Å²) in [6.45, 7) is 4.76. The molecule has 0 saturated carbocycles. The third-order valence-corrected chi connectivity index (χ3v) is 5.94. The largest absolute Gasteiger partial charge is 0.507 e. The lowest BCUT2D eigenvalue weighted by Crippen LogP contribution is -2.34. The lowest BCUT2D eigenvalue weighted by atomic mass is 9.95. The molecule has 0 radical (unpaired) electrons. The van der Waals surface area contributed by atoms with E-state index in [-0.39, 0.29) is 28.8 Å². The summed E-state index contributed by atoms with van der Waals surface area (Å²) in [7, 11) is 1.67. The number of halogens is 4. The number of amides is 2. The van der Waals surface area contributed by atoms with Crippen molar-refractivity contribution >= 4 is 57.7 Å². The van der Waals surface area contributed by atoms with E-state index in [1.54, 1.807) is 44.5 Å². The highest BCUT2D eigenvalue weighted by Gasteiger charge is 2.22. The number of aromatic nitrogens is 2. The van der Waals surface area contributed by atoms with Gasteiger partial charge in [0.05, 0.1) is 38.9 Å². The fraction of sp³-hybridized carbons (Fsp3) is 0.348. The molecule has 0 aliphatic heterocycles. The van der Waals surface area contributed by atoms with Gasteiger partial charge in [0.2, 0.25) is 11.9 Å². The molecule has 0 aliphatic rings. The number of fused-ring (bicyclic) bond motifs is 1. The van der Waals surface area contributed by atoms with Crippen LogP contribution < -0.4 is 16.0 Å². The standard InChI is InChI=1S/C23H25Cl2F2N5O3/c1-23(2,3)21(35)29-9-11-5-6-13(24)19(18(11)25)31-22-30-14-7-12(20(34)28-10-17(26)27)16(33)8-15(14)32(22)4/h5-8,17,33H,9-10H2,1-4H3,(H,28,34)(H,29,35)(H,30,31). The molecule has 188 valence electrons. The van der Waals surface area contributed by atoms with Crippen LogP contribution in [0, 0.1) is 5.41 Å². The third kappa shape index (κ3) is 5.94. The van der Waals surface area contributed by atoms with Crippen molar-refractivity contribution in [2.24, 2.45) is 12.5 Å². The predicted octanol–water partition coefficient (Wildman–Crippen LogP) is 4.99. The first-order valence-corrected chi connectivity index (χ1v) is 11.3. The zero-order chi connectivity index (χ0) is 26.1. The maximum Gasteiger partial charge on any atom is 0.255 e. The normalized spacial score (nSPS) is 11.7. The Morgan fingerprint density at radius 2 is 1.86 bits per heavy atom. The molecule has 1 heterocycles. The van der Waals surface area contributed by atoms with Gasteiger partial charge in [-0.15, -0.1) is 0 Å². The average Bonchev–Trinajstić information content (AvgIpc) is 3.07. The third-order valence-electron chi connectivity index (χ3n) is 5.19. The highest BCUT2D eigenvalue weighted by molar-refractivity contribution is 6.39. The molecule has 0 bridgehead atoms. The van der Waals surface area contributed by atoms with Gasteiger partial charge in [0.15, 0.2) is 0 Å². The monoisotopic (exact) mass is 527 g/mol. The minimum absolute atomic E-state index is 0.137. The van der Waals surface area contributed by atoms with Crippen molar-refractivity contribution in [2.45, 2.75) is 33.7 Å². The van der Waals surface area contributed by atoms with Gasteiger partial charge in [0.25, 0.3) is 12.3 Å². The number of hydrogen-bond donors (Lipinski definition) is 4. The molecule has 2 amide bonds. The van der Waals surface area contributed by atoms with Crippen molar-refractivity contribution in [2.75, 3.05) is 11.9 Å². The van der Waals surface area contributed by atoms with Crippen LogP contribution in [0.25, 0.3) is 11.0 Å². The van der Waals surface area contributed by atoms with E-state index >= 15 is 0 Å². The Hall–Kier alpha value is -3.11. The summed E-state index contributed by atoms with van der Waals surface area (Å²) in [5.41, 5.74) is 1.04. The van der Waals surface area contributed by atoms with Gasteiger partial charge >= 0.3 is 0 Å². The molecule has 0 saturated heterocycles. The number of phenols is 1. The van der Waals surface area contributed by atoms with Crippen LogP contribution in [0.5, 0.6) is 5.75 Å². The van der Waals surface area contributed by atoms with E-state index < -0.39 is 24.3 Å².